The third kappa shape index (κ3) is 5.30. The van der Waals surface area contributed by atoms with Crippen molar-refractivity contribution in [3.05, 3.63) is 35.3 Å². The molecule has 1 saturated heterocycles. The van der Waals surface area contributed by atoms with Crippen LogP contribution in [-0.4, -0.2) is 54.1 Å². The maximum absolute atomic E-state index is 11.9. The molecule has 1 fully saturated rings. The van der Waals surface area contributed by atoms with Crippen molar-refractivity contribution in [3.63, 3.8) is 0 Å². The number of hydrogen-bond donors (Lipinski definition) is 1. The predicted molar refractivity (Wildman–Crippen MR) is 99.7 cm³/mol. The molecule has 2 aromatic heterocycles. The van der Waals surface area contributed by atoms with Crippen molar-refractivity contribution >= 4 is 29.8 Å². The summed E-state index contributed by atoms with van der Waals surface area (Å²) in [5, 5.41) is 4.52. The first-order valence-electron chi connectivity index (χ1n) is 8.30. The van der Waals surface area contributed by atoms with E-state index in [-0.39, 0.29) is 11.7 Å². The molecule has 0 aromatic carbocycles. The molecule has 0 radical (unpaired) electrons. The Morgan fingerprint density at radius 3 is 2.77 bits per heavy atom. The van der Waals surface area contributed by atoms with Crippen LogP contribution < -0.4 is 10.3 Å². The Morgan fingerprint density at radius 2 is 2.04 bits per heavy atom. The zero-order chi connectivity index (χ0) is 18.4. The second-order valence-electron chi connectivity index (χ2n) is 5.79. The van der Waals surface area contributed by atoms with E-state index in [1.807, 2.05) is 32.0 Å². The van der Waals surface area contributed by atoms with Gasteiger partial charge in [-0.1, -0.05) is 11.8 Å². The Hall–Kier alpha value is -2.39. The molecule has 9 heteroatoms. The van der Waals surface area contributed by atoms with Crippen molar-refractivity contribution in [2.24, 2.45) is 5.10 Å². The minimum atomic E-state index is -0.228. The molecule has 0 saturated carbocycles. The lowest BCUT2D eigenvalue weighted by atomic mass is 10.4. The van der Waals surface area contributed by atoms with Crippen LogP contribution in [0.25, 0.3) is 0 Å². The van der Waals surface area contributed by atoms with E-state index in [0.29, 0.717) is 24.1 Å². The normalized spacial score (nSPS) is 14.8. The molecule has 8 nitrogen and oxygen atoms in total. The van der Waals surface area contributed by atoms with Gasteiger partial charge >= 0.3 is 0 Å². The fraction of sp³-hybridized carbons (Fsp3) is 0.412. The number of hydrogen-bond acceptors (Lipinski definition) is 8. The molecular formula is C17H21N5O3S. The van der Waals surface area contributed by atoms with E-state index in [1.54, 1.807) is 0 Å². The van der Waals surface area contributed by atoms with Gasteiger partial charge in [0.05, 0.1) is 25.2 Å². The highest BCUT2D eigenvalue weighted by Gasteiger charge is 2.14. The molecule has 0 aliphatic carbocycles. The first-order chi connectivity index (χ1) is 12.6. The Kier molecular flexibility index (Phi) is 6.24. The minimum Gasteiger partial charge on any atom is -0.440 e. The summed E-state index contributed by atoms with van der Waals surface area (Å²) in [5.41, 5.74) is 4.24. The molecule has 1 amide bonds. The molecule has 26 heavy (non-hydrogen) atoms. The van der Waals surface area contributed by atoms with Crippen molar-refractivity contribution in [1.29, 1.82) is 0 Å². The molecule has 138 valence electrons. The van der Waals surface area contributed by atoms with Crippen LogP contribution in [0.3, 0.4) is 0 Å². The topological polar surface area (TPSA) is 92.9 Å². The highest BCUT2D eigenvalue weighted by molar-refractivity contribution is 7.99. The lowest BCUT2D eigenvalue weighted by molar-refractivity contribution is -0.118. The van der Waals surface area contributed by atoms with E-state index in [9.17, 15) is 4.79 Å². The molecule has 1 N–H and O–H groups in total. The van der Waals surface area contributed by atoms with Gasteiger partial charge < -0.3 is 14.1 Å². The number of nitrogens with one attached hydrogen (secondary N) is 1. The summed E-state index contributed by atoms with van der Waals surface area (Å²) in [4.78, 5) is 22.6. The zero-order valence-electron chi connectivity index (χ0n) is 14.8. The number of aryl methyl sites for hydroxylation is 2. The number of carbonyl (C=O) groups excluding carboxylic acids is 1. The van der Waals surface area contributed by atoms with E-state index in [4.69, 9.17) is 9.15 Å². The maximum atomic E-state index is 11.9. The van der Waals surface area contributed by atoms with Gasteiger partial charge in [0, 0.05) is 30.5 Å². The number of nitrogens with zero attached hydrogens (tertiary/aromatic N) is 4. The van der Waals surface area contributed by atoms with Gasteiger partial charge in [0.25, 0.3) is 5.91 Å². The summed E-state index contributed by atoms with van der Waals surface area (Å²) in [6.45, 7) is 6.80. The summed E-state index contributed by atoms with van der Waals surface area (Å²) in [7, 11) is 0. The Labute approximate surface area is 156 Å². The van der Waals surface area contributed by atoms with E-state index in [0.717, 1.165) is 30.4 Å². The molecule has 0 atom stereocenters. The van der Waals surface area contributed by atoms with E-state index < -0.39 is 0 Å². The minimum absolute atomic E-state index is 0.192. The lowest BCUT2D eigenvalue weighted by Gasteiger charge is -2.26. The fourth-order valence-electron chi connectivity index (χ4n) is 2.45. The van der Waals surface area contributed by atoms with Gasteiger partial charge in [0.2, 0.25) is 0 Å². The van der Waals surface area contributed by atoms with Gasteiger partial charge in [-0.3, -0.25) is 4.79 Å². The smallest absolute Gasteiger partial charge is 0.250 e. The van der Waals surface area contributed by atoms with Crippen LogP contribution in [0.2, 0.25) is 0 Å². The third-order valence-electron chi connectivity index (χ3n) is 3.61. The molecule has 3 rings (SSSR count). The number of hydrazone groups is 1. The van der Waals surface area contributed by atoms with Gasteiger partial charge in [-0.25, -0.2) is 15.4 Å². The predicted octanol–water partition coefficient (Wildman–Crippen LogP) is 1.77. The summed E-state index contributed by atoms with van der Waals surface area (Å²) >= 11 is 1.28. The van der Waals surface area contributed by atoms with E-state index in [2.05, 4.69) is 25.4 Å². The van der Waals surface area contributed by atoms with Gasteiger partial charge in [0.1, 0.15) is 5.76 Å². The van der Waals surface area contributed by atoms with Crippen molar-refractivity contribution < 1.29 is 13.9 Å². The first kappa shape index (κ1) is 18.4. The number of rotatable bonds is 6. The molecule has 0 spiro atoms. The van der Waals surface area contributed by atoms with Crippen molar-refractivity contribution in [3.8, 4) is 0 Å². The quantitative estimate of drug-likeness (QED) is 0.356. The van der Waals surface area contributed by atoms with E-state index in [1.165, 1.54) is 18.0 Å². The van der Waals surface area contributed by atoms with Crippen LogP contribution in [0.1, 0.15) is 17.1 Å². The third-order valence-corrected chi connectivity index (χ3v) is 4.46. The largest absolute Gasteiger partial charge is 0.440 e. The highest BCUT2D eigenvalue weighted by atomic mass is 32.2. The van der Waals surface area contributed by atoms with Crippen LogP contribution in [0.15, 0.2) is 32.9 Å². The average molecular weight is 375 g/mol. The zero-order valence-corrected chi connectivity index (χ0v) is 15.6. The molecule has 0 bridgehead atoms. The molecule has 2 aromatic rings. The Balaban J connectivity index is 1.46. The molecule has 3 heterocycles. The van der Waals surface area contributed by atoms with Gasteiger partial charge in [-0.05, 0) is 26.0 Å². The van der Waals surface area contributed by atoms with Crippen molar-refractivity contribution in [2.45, 2.75) is 19.0 Å². The SMILES string of the molecule is Cc1cc(C)nc(SCC(=O)NN=Cc2ccc(N3CCOCC3)o2)n1. The van der Waals surface area contributed by atoms with Crippen molar-refractivity contribution in [1.82, 2.24) is 15.4 Å². The summed E-state index contributed by atoms with van der Waals surface area (Å²) in [6.07, 6.45) is 1.49. The molecule has 1 aliphatic heterocycles. The van der Waals surface area contributed by atoms with Crippen LogP contribution in [0, 0.1) is 13.8 Å². The first-order valence-corrected chi connectivity index (χ1v) is 9.28. The average Bonchev–Trinajstić information content (AvgIpc) is 3.09. The maximum Gasteiger partial charge on any atom is 0.250 e. The lowest BCUT2D eigenvalue weighted by Crippen LogP contribution is -2.35. The van der Waals surface area contributed by atoms with Gasteiger partial charge in [-0.15, -0.1) is 0 Å². The fourth-order valence-corrected chi connectivity index (χ4v) is 3.20. The second kappa shape index (κ2) is 8.81. The highest BCUT2D eigenvalue weighted by Crippen LogP contribution is 2.18. The monoisotopic (exact) mass is 375 g/mol. The Morgan fingerprint density at radius 1 is 1.31 bits per heavy atom. The summed E-state index contributed by atoms with van der Waals surface area (Å²) in [5.74, 6) is 1.33. The number of anilines is 1. The number of aromatic nitrogens is 2. The Bertz CT molecular complexity index is 766. The van der Waals surface area contributed by atoms with Crippen LogP contribution in [-0.2, 0) is 9.53 Å². The molecular weight excluding hydrogens is 354 g/mol. The number of carbonyl (C=O) groups is 1. The van der Waals surface area contributed by atoms with Crippen LogP contribution in [0.5, 0.6) is 0 Å². The molecule has 0 unspecified atom stereocenters. The van der Waals surface area contributed by atoms with Gasteiger partial charge in [0.15, 0.2) is 11.0 Å². The van der Waals surface area contributed by atoms with Crippen LogP contribution in [0.4, 0.5) is 5.88 Å². The summed E-state index contributed by atoms with van der Waals surface area (Å²) < 4.78 is 11.0. The van der Waals surface area contributed by atoms with Gasteiger partial charge in [-0.2, -0.15) is 5.10 Å². The number of morpholine rings is 1. The second-order valence-corrected chi connectivity index (χ2v) is 6.73. The van der Waals surface area contributed by atoms with E-state index >= 15 is 0 Å². The van der Waals surface area contributed by atoms with Crippen LogP contribution >= 0.6 is 11.8 Å². The summed E-state index contributed by atoms with van der Waals surface area (Å²) in [6, 6.07) is 5.60. The molecule has 1 aliphatic rings. The van der Waals surface area contributed by atoms with Crippen molar-refractivity contribution in [2.75, 3.05) is 37.0 Å². The number of ether oxygens (including phenoxy) is 1. The number of thioether (sulfide) groups is 1. The number of furan rings is 1. The standard InChI is InChI=1S/C17H21N5O3S/c1-12-9-13(2)20-17(19-12)26-11-15(23)21-18-10-14-3-4-16(25-14)22-5-7-24-8-6-22/h3-4,9-10H,5-8,11H2,1-2H3,(H,21,23). The number of amides is 1.